The number of hydrogen-bond donors (Lipinski definition) is 1. The summed E-state index contributed by atoms with van der Waals surface area (Å²) in [6.45, 7) is 3.41. The van der Waals surface area contributed by atoms with Crippen LogP contribution in [0.5, 0.6) is 0 Å². The number of imidazole rings is 1. The third kappa shape index (κ3) is 2.51. The van der Waals surface area contributed by atoms with Gasteiger partial charge in [0.05, 0.1) is 13.1 Å². The van der Waals surface area contributed by atoms with E-state index in [-0.39, 0.29) is 18.1 Å². The van der Waals surface area contributed by atoms with Crippen LogP contribution < -0.4 is 5.32 Å². The van der Waals surface area contributed by atoms with E-state index in [0.717, 1.165) is 4.31 Å². The number of nitrogens with one attached hydrogen (secondary N) is 1. The number of nitrogens with zero attached hydrogens (tertiary/aromatic N) is 3. The highest BCUT2D eigenvalue weighted by atomic mass is 32.2. The molecule has 1 aromatic heterocycles. The lowest BCUT2D eigenvalue weighted by atomic mass is 10.4. The molecule has 9 heteroatoms. The summed E-state index contributed by atoms with van der Waals surface area (Å²) in [5.41, 5.74) is 0. The van der Waals surface area contributed by atoms with E-state index >= 15 is 0 Å². The molecule has 8 nitrogen and oxygen atoms in total. The Labute approximate surface area is 110 Å². The fourth-order valence-electron chi connectivity index (χ4n) is 1.84. The van der Waals surface area contributed by atoms with Crippen molar-refractivity contribution in [1.29, 1.82) is 0 Å². The zero-order valence-corrected chi connectivity index (χ0v) is 11.4. The summed E-state index contributed by atoms with van der Waals surface area (Å²) in [5, 5.41) is 1.91. The molecule has 0 spiro atoms. The second kappa shape index (κ2) is 4.74. The molecule has 1 aromatic rings. The molecule has 104 valence electrons. The van der Waals surface area contributed by atoms with Crippen molar-refractivity contribution in [1.82, 2.24) is 19.2 Å². The number of sulfonamides is 1. The minimum Gasteiger partial charge on any atom is -0.334 e. The number of piperazine rings is 1. The lowest BCUT2D eigenvalue weighted by molar-refractivity contribution is -0.134. The molecule has 0 aromatic carbocycles. The molecule has 0 unspecified atom stereocenters. The number of hydrogen-bond acceptors (Lipinski definition) is 5. The molecule has 0 radical (unpaired) electrons. The SMILES string of the molecule is CCn1cc(S(=O)(=O)N2CC(=O)NC(=O)C2)nc1C. The number of aryl methyl sites for hydroxylation is 2. The molecule has 1 N–H and O–H groups in total. The Kier molecular flexibility index (Phi) is 3.42. The molecule has 2 rings (SSSR count). The van der Waals surface area contributed by atoms with E-state index in [4.69, 9.17) is 0 Å². The lowest BCUT2D eigenvalue weighted by Crippen LogP contribution is -2.53. The first-order chi connectivity index (χ1) is 8.84. The van der Waals surface area contributed by atoms with Gasteiger partial charge in [-0.15, -0.1) is 0 Å². The van der Waals surface area contributed by atoms with Crippen LogP contribution in [0.3, 0.4) is 0 Å². The zero-order valence-electron chi connectivity index (χ0n) is 10.6. The van der Waals surface area contributed by atoms with Crippen LogP contribution in [0.15, 0.2) is 11.2 Å². The number of aromatic nitrogens is 2. The first-order valence-electron chi connectivity index (χ1n) is 5.71. The number of carbonyl (C=O) groups is 2. The summed E-state index contributed by atoms with van der Waals surface area (Å²) in [6.07, 6.45) is 1.40. The first-order valence-corrected chi connectivity index (χ1v) is 7.15. The quantitative estimate of drug-likeness (QED) is 0.708. The Hall–Kier alpha value is -1.74. The number of imide groups is 1. The molecule has 0 saturated carbocycles. The molecule has 0 aliphatic carbocycles. The van der Waals surface area contributed by atoms with Crippen molar-refractivity contribution in [3.63, 3.8) is 0 Å². The second-order valence-corrected chi connectivity index (χ2v) is 6.04. The van der Waals surface area contributed by atoms with Crippen LogP contribution in [0.1, 0.15) is 12.7 Å². The fraction of sp³-hybridized carbons (Fsp3) is 0.500. The molecule has 1 fully saturated rings. The van der Waals surface area contributed by atoms with Crippen LogP contribution in [-0.4, -0.2) is 47.2 Å². The summed E-state index contributed by atoms with van der Waals surface area (Å²) >= 11 is 0. The molecule has 2 amide bonds. The van der Waals surface area contributed by atoms with Crippen LogP contribution in [0.25, 0.3) is 0 Å². The van der Waals surface area contributed by atoms with Gasteiger partial charge in [0.1, 0.15) is 5.82 Å². The summed E-state index contributed by atoms with van der Waals surface area (Å²) in [6, 6.07) is 0. The topological polar surface area (TPSA) is 101 Å². The van der Waals surface area contributed by atoms with Crippen molar-refractivity contribution in [2.75, 3.05) is 13.1 Å². The van der Waals surface area contributed by atoms with Crippen LogP contribution >= 0.6 is 0 Å². The molecular weight excluding hydrogens is 272 g/mol. The molecular formula is C10H14N4O4S. The average Bonchev–Trinajstić information content (AvgIpc) is 2.70. The van der Waals surface area contributed by atoms with E-state index in [2.05, 4.69) is 10.3 Å². The first kappa shape index (κ1) is 13.7. The van der Waals surface area contributed by atoms with Gasteiger partial charge >= 0.3 is 0 Å². The Morgan fingerprint density at radius 3 is 2.37 bits per heavy atom. The van der Waals surface area contributed by atoms with Gasteiger partial charge in [0.15, 0.2) is 5.03 Å². The molecule has 1 aliphatic rings. The van der Waals surface area contributed by atoms with Crippen molar-refractivity contribution in [2.45, 2.75) is 25.4 Å². The average molecular weight is 286 g/mol. The predicted molar refractivity (Wildman–Crippen MR) is 64.5 cm³/mol. The largest absolute Gasteiger partial charge is 0.334 e. The van der Waals surface area contributed by atoms with E-state index in [9.17, 15) is 18.0 Å². The molecule has 1 aliphatic heterocycles. The summed E-state index contributed by atoms with van der Waals surface area (Å²) < 4.78 is 27.1. The Morgan fingerprint density at radius 1 is 1.32 bits per heavy atom. The maximum atomic E-state index is 12.3. The molecule has 1 saturated heterocycles. The minimum atomic E-state index is -3.92. The summed E-state index contributed by atoms with van der Waals surface area (Å²) in [7, 11) is -3.92. The Morgan fingerprint density at radius 2 is 1.89 bits per heavy atom. The second-order valence-electron chi connectivity index (χ2n) is 4.16. The van der Waals surface area contributed by atoms with Gasteiger partial charge in [-0.05, 0) is 13.8 Å². The van der Waals surface area contributed by atoms with Crippen LogP contribution in [0, 0.1) is 6.92 Å². The zero-order chi connectivity index (χ0) is 14.2. The molecule has 0 atom stereocenters. The van der Waals surface area contributed by atoms with Gasteiger partial charge < -0.3 is 4.57 Å². The predicted octanol–water partition coefficient (Wildman–Crippen LogP) is -1.14. The smallest absolute Gasteiger partial charge is 0.263 e. The van der Waals surface area contributed by atoms with E-state index in [0.29, 0.717) is 12.4 Å². The van der Waals surface area contributed by atoms with Crippen molar-refractivity contribution < 1.29 is 18.0 Å². The summed E-state index contributed by atoms with van der Waals surface area (Å²) in [4.78, 5) is 26.4. The van der Waals surface area contributed by atoms with Crippen LogP contribution in [0.2, 0.25) is 0 Å². The van der Waals surface area contributed by atoms with Crippen molar-refractivity contribution in [2.24, 2.45) is 0 Å². The Bertz CT molecular complexity index is 618. The van der Waals surface area contributed by atoms with Gasteiger partial charge in [-0.2, -0.15) is 4.31 Å². The van der Waals surface area contributed by atoms with E-state index in [1.165, 1.54) is 6.20 Å². The van der Waals surface area contributed by atoms with Crippen LogP contribution in [-0.2, 0) is 26.2 Å². The van der Waals surface area contributed by atoms with Crippen molar-refractivity contribution in [3.8, 4) is 0 Å². The van der Waals surface area contributed by atoms with Crippen molar-refractivity contribution >= 4 is 21.8 Å². The monoisotopic (exact) mass is 286 g/mol. The van der Waals surface area contributed by atoms with Gasteiger partial charge in [-0.1, -0.05) is 0 Å². The number of carbonyl (C=O) groups excluding carboxylic acids is 2. The van der Waals surface area contributed by atoms with Crippen molar-refractivity contribution in [3.05, 3.63) is 12.0 Å². The normalized spacial score (nSPS) is 17.6. The Balaban J connectivity index is 2.36. The third-order valence-electron chi connectivity index (χ3n) is 2.82. The molecule has 2 heterocycles. The lowest BCUT2D eigenvalue weighted by Gasteiger charge is -2.23. The maximum Gasteiger partial charge on any atom is 0.263 e. The van der Waals surface area contributed by atoms with E-state index < -0.39 is 21.8 Å². The standard InChI is InChI=1S/C10H14N4O4S/c1-3-13-6-10(11-7(13)2)19(17,18)14-4-8(15)12-9(16)5-14/h6H,3-5H2,1-2H3,(H,12,15,16). The highest BCUT2D eigenvalue weighted by Crippen LogP contribution is 2.16. The maximum absolute atomic E-state index is 12.3. The van der Waals surface area contributed by atoms with Gasteiger partial charge in [-0.3, -0.25) is 14.9 Å². The highest BCUT2D eigenvalue weighted by Gasteiger charge is 2.34. The van der Waals surface area contributed by atoms with E-state index in [1.807, 2.05) is 6.92 Å². The van der Waals surface area contributed by atoms with Gasteiger partial charge in [0.25, 0.3) is 10.0 Å². The van der Waals surface area contributed by atoms with Crippen LogP contribution in [0.4, 0.5) is 0 Å². The fourth-order valence-corrected chi connectivity index (χ4v) is 3.18. The molecule has 19 heavy (non-hydrogen) atoms. The highest BCUT2D eigenvalue weighted by molar-refractivity contribution is 7.89. The third-order valence-corrected chi connectivity index (χ3v) is 4.48. The van der Waals surface area contributed by atoms with E-state index in [1.54, 1.807) is 11.5 Å². The molecule has 0 bridgehead atoms. The van der Waals surface area contributed by atoms with Gasteiger partial charge in [0, 0.05) is 12.7 Å². The van der Waals surface area contributed by atoms with Gasteiger partial charge in [0.2, 0.25) is 11.8 Å². The van der Waals surface area contributed by atoms with Gasteiger partial charge in [-0.25, -0.2) is 13.4 Å². The number of rotatable bonds is 3. The number of amides is 2. The minimum absolute atomic E-state index is 0.144. The summed E-state index contributed by atoms with van der Waals surface area (Å²) in [5.74, 6) is -0.702.